The Balaban J connectivity index is 1.36. The number of hydrogen-bond acceptors (Lipinski definition) is 13. The predicted octanol–water partition coefficient (Wildman–Crippen LogP) is 8.31. The van der Waals surface area contributed by atoms with E-state index in [1.807, 2.05) is 18.2 Å². The number of unbranched alkanes of at least 4 members (excludes halogenated alkanes) is 2. The van der Waals surface area contributed by atoms with Gasteiger partial charge in [0.25, 0.3) is 5.69 Å². The fourth-order valence-corrected chi connectivity index (χ4v) is 10.4. The quantitative estimate of drug-likeness (QED) is 0.0485. The summed E-state index contributed by atoms with van der Waals surface area (Å²) >= 11 is 1.77. The summed E-state index contributed by atoms with van der Waals surface area (Å²) in [6, 6.07) is 11.9. The predicted molar refractivity (Wildman–Crippen MR) is 221 cm³/mol. The normalized spacial score (nSPS) is 26.8. The van der Waals surface area contributed by atoms with Gasteiger partial charge in [-0.15, -0.1) is 6.58 Å². The van der Waals surface area contributed by atoms with Crippen LogP contribution in [0.25, 0.3) is 0 Å². The molecular formula is C44H54N4O9S. The van der Waals surface area contributed by atoms with Crippen molar-refractivity contribution in [3.8, 4) is 17.2 Å². The molecule has 3 aromatic rings. The van der Waals surface area contributed by atoms with Crippen LogP contribution in [0.15, 0.2) is 90.5 Å². The van der Waals surface area contributed by atoms with Gasteiger partial charge in [-0.25, -0.2) is 0 Å². The third kappa shape index (κ3) is 9.58. The van der Waals surface area contributed by atoms with E-state index in [0.717, 1.165) is 73.2 Å². The van der Waals surface area contributed by atoms with Gasteiger partial charge in [-0.05, 0) is 86.0 Å². The summed E-state index contributed by atoms with van der Waals surface area (Å²) in [7, 11) is 0. The molecule has 58 heavy (non-hydrogen) atoms. The number of fused-ring (bicyclic) bond motifs is 2. The van der Waals surface area contributed by atoms with Crippen molar-refractivity contribution in [3.05, 3.63) is 107 Å². The van der Waals surface area contributed by atoms with Gasteiger partial charge in [0, 0.05) is 68.6 Å². The molecule has 2 fully saturated rings. The first-order valence-corrected chi connectivity index (χ1v) is 21.6. The third-order valence-electron chi connectivity index (χ3n) is 11.6. The lowest BCUT2D eigenvalue weighted by atomic mass is 9.56. The summed E-state index contributed by atoms with van der Waals surface area (Å²) < 4.78 is 26.6. The van der Waals surface area contributed by atoms with Crippen molar-refractivity contribution in [1.29, 1.82) is 0 Å². The van der Waals surface area contributed by atoms with Crippen LogP contribution < -0.4 is 9.47 Å². The van der Waals surface area contributed by atoms with Crippen LogP contribution in [0.2, 0.25) is 0 Å². The number of benzene rings is 2. The van der Waals surface area contributed by atoms with Crippen LogP contribution in [0.1, 0.15) is 81.4 Å². The summed E-state index contributed by atoms with van der Waals surface area (Å²) in [5, 5.41) is 36.1. The van der Waals surface area contributed by atoms with E-state index in [-0.39, 0.29) is 54.4 Å². The number of non-ortho nitro benzene ring substituents is 1. The van der Waals surface area contributed by atoms with Crippen molar-refractivity contribution < 1.29 is 38.9 Å². The molecule has 1 saturated carbocycles. The number of nitro benzene ring substituents is 1. The Morgan fingerprint density at radius 2 is 1.91 bits per heavy atom. The van der Waals surface area contributed by atoms with E-state index >= 15 is 0 Å². The summed E-state index contributed by atoms with van der Waals surface area (Å²) in [6.45, 7) is 5.14. The van der Waals surface area contributed by atoms with Gasteiger partial charge < -0.3 is 34.0 Å². The van der Waals surface area contributed by atoms with Crippen LogP contribution in [0.4, 0.5) is 5.69 Å². The van der Waals surface area contributed by atoms with Crippen molar-refractivity contribution in [2.24, 2.45) is 22.9 Å². The second kappa shape index (κ2) is 20.1. The lowest BCUT2D eigenvalue weighted by Gasteiger charge is -2.58. The summed E-state index contributed by atoms with van der Waals surface area (Å²) in [6.07, 6.45) is 17.6. The number of hydrogen-bond donors (Lipinski definition) is 2. The highest BCUT2D eigenvalue weighted by Gasteiger charge is 2.64. The van der Waals surface area contributed by atoms with Crippen LogP contribution in [0.5, 0.6) is 17.2 Å². The maximum absolute atomic E-state index is 11.6. The molecule has 7 rings (SSSR count). The number of aryl methyl sites for hydroxylation is 1. The Hall–Kier alpha value is -4.34. The molecule has 14 heteroatoms. The summed E-state index contributed by atoms with van der Waals surface area (Å²) in [4.78, 5) is 26.2. The van der Waals surface area contributed by atoms with E-state index in [1.165, 1.54) is 12.1 Å². The fraction of sp³-hybridized carbons (Fsp3) is 0.523. The van der Waals surface area contributed by atoms with Crippen LogP contribution >= 0.6 is 11.8 Å². The molecule has 0 bridgehead atoms. The van der Waals surface area contributed by atoms with Gasteiger partial charge in [0.2, 0.25) is 12.1 Å². The molecule has 0 radical (unpaired) electrons. The zero-order chi connectivity index (χ0) is 40.3. The maximum atomic E-state index is 11.6. The first kappa shape index (κ1) is 41.8. The van der Waals surface area contributed by atoms with Crippen LogP contribution in [-0.4, -0.2) is 80.3 Å². The van der Waals surface area contributed by atoms with Crippen LogP contribution in [0.3, 0.4) is 0 Å². The Bertz CT molecular complexity index is 1910. The van der Waals surface area contributed by atoms with E-state index in [2.05, 4.69) is 22.6 Å². The minimum Gasteiger partial charge on any atom is -0.460 e. The lowest BCUT2D eigenvalue weighted by Crippen LogP contribution is -2.64. The first-order chi connectivity index (χ1) is 28.4. The molecule has 3 heterocycles. The number of aromatic nitrogens is 2. The topological polar surface area (TPSA) is 168 Å². The van der Waals surface area contributed by atoms with Crippen LogP contribution in [-0.2, 0) is 20.7 Å². The molecule has 1 saturated heterocycles. The number of nitro groups is 1. The zero-order valence-electron chi connectivity index (χ0n) is 32.9. The monoisotopic (exact) mass is 814 g/mol. The number of thioether (sulfide) groups is 1. The third-order valence-corrected chi connectivity index (χ3v) is 12.9. The second-order valence-electron chi connectivity index (χ2n) is 15.3. The van der Waals surface area contributed by atoms with Crippen molar-refractivity contribution in [3.63, 3.8) is 0 Å². The van der Waals surface area contributed by atoms with Crippen LogP contribution in [0, 0.1) is 27.9 Å². The molecule has 2 aliphatic heterocycles. The van der Waals surface area contributed by atoms with Gasteiger partial charge in [-0.2, -0.15) is 11.8 Å². The number of nitrogens with zero attached hydrogens (tertiary/aromatic N) is 4. The van der Waals surface area contributed by atoms with Gasteiger partial charge in [0.15, 0.2) is 0 Å². The Kier molecular flexibility index (Phi) is 14.5. The molecule has 4 aliphatic rings. The molecule has 1 aromatic heterocycles. The second-order valence-corrected chi connectivity index (χ2v) is 16.6. The van der Waals surface area contributed by atoms with E-state index in [4.69, 9.17) is 28.9 Å². The van der Waals surface area contributed by atoms with E-state index < -0.39 is 17.0 Å². The number of aliphatic hydroxyl groups excluding tert-OH is 2. The van der Waals surface area contributed by atoms with Gasteiger partial charge in [-0.3, -0.25) is 20.1 Å². The Morgan fingerprint density at radius 1 is 1.07 bits per heavy atom. The highest BCUT2D eigenvalue weighted by Crippen LogP contribution is 2.62. The van der Waals surface area contributed by atoms with E-state index in [0.29, 0.717) is 49.5 Å². The highest BCUT2D eigenvalue weighted by atomic mass is 32.2. The Morgan fingerprint density at radius 3 is 2.67 bits per heavy atom. The maximum Gasteiger partial charge on any atom is 0.273 e. The average molecular weight is 815 g/mol. The first-order valence-electron chi connectivity index (χ1n) is 20.6. The van der Waals surface area contributed by atoms with E-state index in [1.54, 1.807) is 48.6 Å². The molecule has 13 nitrogen and oxygen atoms in total. The number of ether oxygens (including phenoxy) is 4. The molecule has 7 atom stereocenters. The molecule has 7 unspecified atom stereocenters. The zero-order valence-corrected chi connectivity index (χ0v) is 33.7. The molecule has 2 aliphatic carbocycles. The van der Waals surface area contributed by atoms with Crippen molar-refractivity contribution in [2.45, 2.75) is 93.9 Å². The SMILES string of the molecule is C=CCOC12Oc3ccc(Oc4cccc([N+](=O)[O-])c4)cc3C3C(CCCCO)C(CCCCO)C=C(C(=NOC4CCCCO4)CC1SCCc1cnccn1)C32. The lowest BCUT2D eigenvalue weighted by molar-refractivity contribution is -0.384. The van der Waals surface area contributed by atoms with Crippen molar-refractivity contribution >= 4 is 23.2 Å². The molecule has 2 aromatic carbocycles. The Labute approximate surface area is 344 Å². The number of oxime groups is 1. The standard InChI is InChI=1S/C44H54N4O9S/c1-2-22-54-44-40(58-24-17-31-29-45-18-19-46-31)28-38(47-57-41-14-5-8-23-53-41)36-25-30(10-3-6-20-49)35(13-4-7-21-50)42(43(36)44)37-27-34(15-16-39(37)56-44)55-33-12-9-11-32(26-33)48(51)52/h2,9,11-12,15-16,18-19,25-27,29-30,35,40-43,49-50H,1,3-8,10,13-14,17,20-24,28H2. The van der Waals surface area contributed by atoms with E-state index in [9.17, 15) is 20.3 Å². The van der Waals surface area contributed by atoms with Crippen molar-refractivity contribution in [1.82, 2.24) is 9.97 Å². The van der Waals surface area contributed by atoms with Gasteiger partial charge in [0.1, 0.15) is 17.2 Å². The minimum absolute atomic E-state index is 0.0580. The molecule has 310 valence electrons. The highest BCUT2D eigenvalue weighted by molar-refractivity contribution is 8.00. The molecule has 0 spiro atoms. The minimum atomic E-state index is -1.13. The van der Waals surface area contributed by atoms with Gasteiger partial charge in [0.05, 0.1) is 46.8 Å². The number of rotatable bonds is 20. The molecule has 2 N–H and O–H groups in total. The van der Waals surface area contributed by atoms with Crippen molar-refractivity contribution in [2.75, 3.05) is 32.2 Å². The van der Waals surface area contributed by atoms with Gasteiger partial charge in [-0.1, -0.05) is 36.2 Å². The average Bonchev–Trinajstić information content (AvgIpc) is 3.25. The molecular weight excluding hydrogens is 761 g/mol. The van der Waals surface area contributed by atoms with Gasteiger partial charge >= 0.3 is 0 Å². The number of allylic oxidation sites excluding steroid dienone is 1. The smallest absolute Gasteiger partial charge is 0.273 e. The summed E-state index contributed by atoms with van der Waals surface area (Å²) in [5.74, 6) is 0.935. The largest absolute Gasteiger partial charge is 0.460 e. The summed E-state index contributed by atoms with van der Waals surface area (Å²) in [5.41, 5.74) is 3.67. The number of aliphatic hydroxyl groups is 2. The fourth-order valence-electron chi connectivity index (χ4n) is 9.02. The molecule has 0 amide bonds.